The third-order valence-electron chi connectivity index (χ3n) is 8.92. The van der Waals surface area contributed by atoms with Gasteiger partial charge in [0.15, 0.2) is 0 Å². The maximum Gasteiger partial charge on any atom is 0.399 e. The van der Waals surface area contributed by atoms with Gasteiger partial charge in [0, 0.05) is 29.8 Å². The van der Waals surface area contributed by atoms with Gasteiger partial charge in [-0.1, -0.05) is 48.5 Å². The van der Waals surface area contributed by atoms with E-state index in [1.807, 2.05) is 30.3 Å². The number of rotatable bonds is 9. The second kappa shape index (κ2) is 14.4. The van der Waals surface area contributed by atoms with E-state index in [9.17, 15) is 33.0 Å². The van der Waals surface area contributed by atoms with Gasteiger partial charge in [0.25, 0.3) is 5.91 Å². The molecule has 4 aromatic rings. The zero-order valence-corrected chi connectivity index (χ0v) is 28.3. The first-order valence-electron chi connectivity index (χ1n) is 15.9. The standard InChI is InChI=1S/C35H33F2N4O7PS/c36-35(37,49(45,46)47)26-11-12-30-25(18-26)19-31(50-30)32(42)39-27(17-22-6-4-7-23(16-22)20-38)33(43)41-13-5-10-28(41)34(44)40-14-15-48-29(21-40)24-8-2-1-3-9-24/h1-4,6-9,11-12,16,18-19,27-29H,5,10,13-15,17,21H2,(H,39,42)(H2,45,46,47). The van der Waals surface area contributed by atoms with Crippen molar-refractivity contribution >= 4 is 46.7 Å². The molecule has 3 N–H and O–H groups in total. The maximum atomic E-state index is 14.4. The van der Waals surface area contributed by atoms with E-state index in [0.29, 0.717) is 54.9 Å². The number of carbonyl (C=O) groups is 3. The van der Waals surface area contributed by atoms with Gasteiger partial charge in [-0.15, -0.1) is 11.3 Å². The number of nitrogens with one attached hydrogen (secondary N) is 1. The van der Waals surface area contributed by atoms with Crippen molar-refractivity contribution in [2.45, 2.75) is 43.1 Å². The molecule has 0 spiro atoms. The predicted molar refractivity (Wildman–Crippen MR) is 180 cm³/mol. The summed E-state index contributed by atoms with van der Waals surface area (Å²) >= 11 is 0.961. The van der Waals surface area contributed by atoms with Gasteiger partial charge in [-0.25, -0.2) is 0 Å². The Balaban J connectivity index is 1.24. The number of fused-ring (bicyclic) bond motifs is 1. The number of morpholine rings is 1. The van der Waals surface area contributed by atoms with Gasteiger partial charge in [0.05, 0.1) is 29.7 Å². The third kappa shape index (κ3) is 7.33. The van der Waals surface area contributed by atoms with Gasteiger partial charge in [-0.3, -0.25) is 18.9 Å². The monoisotopic (exact) mass is 722 g/mol. The maximum absolute atomic E-state index is 14.4. The number of ether oxygens (including phenoxy) is 1. The SMILES string of the molecule is N#Cc1cccc(CC(NC(=O)c2cc3cc(C(F)(F)P(=O)(O)O)ccc3s2)C(=O)N2CCCC2C(=O)N2CCOC(c3ccccc3)C2)c1. The van der Waals surface area contributed by atoms with Crippen LogP contribution in [-0.2, 0) is 31.0 Å². The number of hydrogen-bond acceptors (Lipinski definition) is 7. The third-order valence-corrected chi connectivity index (χ3v) is 11.0. The van der Waals surface area contributed by atoms with Crippen molar-refractivity contribution in [3.05, 3.63) is 106 Å². The lowest BCUT2D eigenvalue weighted by molar-refractivity contribution is -0.149. The van der Waals surface area contributed by atoms with Crippen molar-refractivity contribution in [3.63, 3.8) is 0 Å². The van der Waals surface area contributed by atoms with Gasteiger partial charge in [0.1, 0.15) is 18.2 Å². The summed E-state index contributed by atoms with van der Waals surface area (Å²) in [7, 11) is -5.80. The lowest BCUT2D eigenvalue weighted by atomic mass is 10.0. The van der Waals surface area contributed by atoms with E-state index in [4.69, 9.17) is 14.5 Å². The fourth-order valence-electron chi connectivity index (χ4n) is 6.36. The number of nitriles is 1. The van der Waals surface area contributed by atoms with Crippen LogP contribution in [0.1, 0.15) is 50.9 Å². The fraction of sp³-hybridized carbons (Fsp3) is 0.314. The lowest BCUT2D eigenvalue weighted by Crippen LogP contribution is -2.56. The van der Waals surface area contributed by atoms with Crippen molar-refractivity contribution in [1.29, 1.82) is 5.26 Å². The molecule has 0 radical (unpaired) electrons. The average Bonchev–Trinajstić information content (AvgIpc) is 3.78. The minimum absolute atomic E-state index is 0.00862. The van der Waals surface area contributed by atoms with Gasteiger partial charge >= 0.3 is 13.3 Å². The topological polar surface area (TPSA) is 160 Å². The summed E-state index contributed by atoms with van der Waals surface area (Å²) in [5, 5.41) is 12.4. The Bertz CT molecular complexity index is 2010. The Labute approximate surface area is 290 Å². The minimum Gasteiger partial charge on any atom is -0.370 e. The number of thiophene rings is 1. The molecular weight excluding hydrogens is 689 g/mol. The number of nitrogens with zero attached hydrogens (tertiary/aromatic N) is 3. The van der Waals surface area contributed by atoms with E-state index in [1.54, 1.807) is 29.2 Å². The quantitative estimate of drug-likeness (QED) is 0.205. The summed E-state index contributed by atoms with van der Waals surface area (Å²) in [4.78, 5) is 63.4. The van der Waals surface area contributed by atoms with Crippen molar-refractivity contribution in [1.82, 2.24) is 15.1 Å². The molecule has 2 fully saturated rings. The molecule has 3 aromatic carbocycles. The normalized spacial score (nSPS) is 18.9. The van der Waals surface area contributed by atoms with Crippen molar-refractivity contribution in [3.8, 4) is 6.07 Å². The Morgan fingerprint density at radius 3 is 2.58 bits per heavy atom. The molecule has 50 heavy (non-hydrogen) atoms. The van der Waals surface area contributed by atoms with E-state index in [1.165, 1.54) is 17.0 Å². The van der Waals surface area contributed by atoms with Crippen LogP contribution in [-0.4, -0.2) is 75.6 Å². The molecule has 2 saturated heterocycles. The molecule has 3 unspecified atom stereocenters. The zero-order valence-electron chi connectivity index (χ0n) is 26.6. The van der Waals surface area contributed by atoms with Gasteiger partial charge in [-0.05, 0) is 59.7 Å². The molecule has 3 amide bonds. The number of halogens is 2. The predicted octanol–water partition coefficient (Wildman–Crippen LogP) is 4.93. The largest absolute Gasteiger partial charge is 0.399 e. The van der Waals surface area contributed by atoms with E-state index in [0.717, 1.165) is 29.0 Å². The lowest BCUT2D eigenvalue weighted by Gasteiger charge is -2.37. The summed E-state index contributed by atoms with van der Waals surface area (Å²) in [5.41, 5.74) is -3.41. The van der Waals surface area contributed by atoms with Crippen LogP contribution in [0, 0.1) is 11.3 Å². The van der Waals surface area contributed by atoms with Crippen LogP contribution in [0.25, 0.3) is 10.1 Å². The molecule has 260 valence electrons. The highest BCUT2D eigenvalue weighted by Gasteiger charge is 2.50. The molecule has 2 aliphatic rings. The summed E-state index contributed by atoms with van der Waals surface area (Å²) in [5.74, 6) is -1.36. The minimum atomic E-state index is -5.80. The number of benzene rings is 3. The van der Waals surface area contributed by atoms with Crippen LogP contribution in [0.4, 0.5) is 8.78 Å². The van der Waals surface area contributed by atoms with Crippen LogP contribution >= 0.6 is 18.9 Å². The Kier molecular flexibility index (Phi) is 10.2. The first-order valence-corrected chi connectivity index (χ1v) is 18.3. The molecular formula is C35H33F2N4O7PS. The molecule has 0 saturated carbocycles. The molecule has 1 aromatic heterocycles. The number of likely N-dealkylation sites (tertiary alicyclic amines) is 1. The Morgan fingerprint density at radius 2 is 1.84 bits per heavy atom. The summed E-state index contributed by atoms with van der Waals surface area (Å²) in [6.07, 6.45) is 0.728. The van der Waals surface area contributed by atoms with E-state index >= 15 is 0 Å². The number of hydrogen-bond donors (Lipinski definition) is 3. The number of amides is 3. The first kappa shape index (κ1) is 35.3. The van der Waals surface area contributed by atoms with Gasteiger partial charge < -0.3 is 29.6 Å². The molecule has 0 aliphatic carbocycles. The van der Waals surface area contributed by atoms with Crippen LogP contribution in [0.15, 0.2) is 78.9 Å². The fourth-order valence-corrected chi connectivity index (χ4v) is 7.78. The second-order valence-corrected chi connectivity index (χ2v) is 15.0. The van der Waals surface area contributed by atoms with Crippen molar-refractivity contribution in [2.75, 3.05) is 26.2 Å². The van der Waals surface area contributed by atoms with Gasteiger partial charge in [-0.2, -0.15) is 14.0 Å². The van der Waals surface area contributed by atoms with Gasteiger partial charge in [0.2, 0.25) is 11.8 Å². The summed E-state index contributed by atoms with van der Waals surface area (Å²) < 4.78 is 46.6. The molecule has 2 aliphatic heterocycles. The molecule has 3 heterocycles. The highest BCUT2D eigenvalue weighted by molar-refractivity contribution is 7.52. The molecule has 11 nitrogen and oxygen atoms in total. The summed E-state index contributed by atoms with van der Waals surface area (Å²) in [6, 6.07) is 20.7. The molecule has 0 bridgehead atoms. The smallest absolute Gasteiger partial charge is 0.370 e. The van der Waals surface area contributed by atoms with E-state index in [-0.39, 0.29) is 28.7 Å². The van der Waals surface area contributed by atoms with Crippen molar-refractivity contribution in [2.24, 2.45) is 0 Å². The Morgan fingerprint density at radius 1 is 1.06 bits per heavy atom. The molecule has 6 rings (SSSR count). The molecule has 15 heteroatoms. The average molecular weight is 723 g/mol. The highest BCUT2D eigenvalue weighted by Crippen LogP contribution is 2.59. The summed E-state index contributed by atoms with van der Waals surface area (Å²) in [6.45, 7) is 1.34. The Hall–Kier alpha value is -4.51. The van der Waals surface area contributed by atoms with Crippen molar-refractivity contribution < 1.29 is 42.3 Å². The van der Waals surface area contributed by atoms with Crippen LogP contribution in [0.5, 0.6) is 0 Å². The zero-order chi connectivity index (χ0) is 35.6. The number of alkyl halides is 2. The number of carbonyl (C=O) groups excluding carboxylic acids is 3. The molecule has 3 atom stereocenters. The second-order valence-electron chi connectivity index (χ2n) is 12.2. The first-order chi connectivity index (χ1) is 23.9. The van der Waals surface area contributed by atoms with Crippen LogP contribution in [0.3, 0.4) is 0 Å². The van der Waals surface area contributed by atoms with E-state index < -0.39 is 42.7 Å². The van der Waals surface area contributed by atoms with Crippen LogP contribution < -0.4 is 5.32 Å². The van der Waals surface area contributed by atoms with Crippen LogP contribution in [0.2, 0.25) is 0 Å². The highest BCUT2D eigenvalue weighted by atomic mass is 32.1. The van der Waals surface area contributed by atoms with E-state index in [2.05, 4.69) is 11.4 Å².